The average Bonchev–Trinajstić information content (AvgIpc) is 2.84. The lowest BCUT2D eigenvalue weighted by molar-refractivity contribution is 0.0863. The maximum absolute atomic E-state index is 12.7. The van der Waals surface area contributed by atoms with Gasteiger partial charge < -0.3 is 0 Å². The topological polar surface area (TPSA) is 91.8 Å². The molecule has 0 saturated carbocycles. The number of fused-ring (bicyclic) bond motifs is 2. The number of allylic oxidation sites excluding steroid dienone is 2. The Bertz CT molecular complexity index is 1020. The number of rotatable bonds is 2. The van der Waals surface area contributed by atoms with E-state index < -0.39 is 27.8 Å². The largest absolute Gasteiger partial charge is 0.364 e. The van der Waals surface area contributed by atoms with Crippen molar-refractivity contribution in [3.8, 4) is 0 Å². The summed E-state index contributed by atoms with van der Waals surface area (Å²) in [5.41, 5.74) is 1.45. The highest BCUT2D eigenvalue weighted by atomic mass is 32.2. The minimum absolute atomic E-state index is 0.0209. The molecular formula is C18H13NO5S. The van der Waals surface area contributed by atoms with Gasteiger partial charge in [0.05, 0.1) is 11.4 Å². The van der Waals surface area contributed by atoms with Crippen molar-refractivity contribution in [3.05, 3.63) is 77.0 Å². The molecule has 1 aliphatic heterocycles. The highest BCUT2D eigenvalue weighted by Gasteiger charge is 2.45. The van der Waals surface area contributed by atoms with E-state index in [9.17, 15) is 22.6 Å². The molecule has 0 saturated heterocycles. The first kappa shape index (κ1) is 15.7. The number of ketones is 2. The lowest BCUT2D eigenvalue weighted by Crippen LogP contribution is -2.38. The summed E-state index contributed by atoms with van der Waals surface area (Å²) < 4.78 is 34.5. The number of benzene rings is 2. The molecule has 126 valence electrons. The van der Waals surface area contributed by atoms with Gasteiger partial charge in [-0.05, 0) is 18.1 Å². The number of carbonyl (C=O) groups excluding carboxylic acids is 2. The Morgan fingerprint density at radius 1 is 0.920 bits per heavy atom. The van der Waals surface area contributed by atoms with Crippen LogP contribution in [0.25, 0.3) is 0 Å². The fraction of sp³-hybridized carbons (Fsp3) is 0.111. The van der Waals surface area contributed by atoms with Crippen LogP contribution >= 0.6 is 0 Å². The molecule has 1 heterocycles. The number of para-hydroxylation sites is 1. The molecule has 2 aromatic carbocycles. The number of anilines is 1. The van der Waals surface area contributed by atoms with Crippen LogP contribution in [-0.4, -0.2) is 24.5 Å². The van der Waals surface area contributed by atoms with Gasteiger partial charge in [-0.15, -0.1) is 0 Å². The van der Waals surface area contributed by atoms with Crippen molar-refractivity contribution in [2.24, 2.45) is 5.92 Å². The lowest BCUT2D eigenvalue weighted by Gasteiger charge is -2.31. The molecule has 0 radical (unpaired) electrons. The van der Waals surface area contributed by atoms with Crippen LogP contribution in [0.1, 0.15) is 26.3 Å². The molecule has 0 atom stereocenters. The molecule has 1 N–H and O–H groups in total. The summed E-state index contributed by atoms with van der Waals surface area (Å²) in [6, 6.07) is 13.0. The van der Waals surface area contributed by atoms with Crippen LogP contribution in [-0.2, 0) is 16.7 Å². The molecule has 0 spiro atoms. The van der Waals surface area contributed by atoms with Gasteiger partial charge in [0.2, 0.25) is 0 Å². The monoisotopic (exact) mass is 355 g/mol. The lowest BCUT2D eigenvalue weighted by atomic mass is 9.94. The van der Waals surface area contributed by atoms with E-state index in [-0.39, 0.29) is 22.5 Å². The molecular weight excluding hydrogens is 342 g/mol. The van der Waals surface area contributed by atoms with E-state index in [1.54, 1.807) is 42.5 Å². The fourth-order valence-electron chi connectivity index (χ4n) is 3.42. The minimum Gasteiger partial charge on any atom is -0.293 e. The van der Waals surface area contributed by atoms with E-state index in [2.05, 4.69) is 0 Å². The Morgan fingerprint density at radius 3 is 2.08 bits per heavy atom. The normalized spacial score (nSPS) is 17.3. The number of Topliss-reactive ketones (excluding diaryl/α,β-unsaturated/α-hetero) is 2. The zero-order chi connectivity index (χ0) is 17.8. The van der Waals surface area contributed by atoms with Crippen molar-refractivity contribution in [3.63, 3.8) is 0 Å². The van der Waals surface area contributed by atoms with E-state index >= 15 is 0 Å². The van der Waals surface area contributed by atoms with Crippen LogP contribution in [0.5, 0.6) is 0 Å². The smallest absolute Gasteiger partial charge is 0.293 e. The molecule has 25 heavy (non-hydrogen) atoms. The molecule has 6 nitrogen and oxygen atoms in total. The van der Waals surface area contributed by atoms with Crippen molar-refractivity contribution in [1.29, 1.82) is 0 Å². The van der Waals surface area contributed by atoms with Crippen LogP contribution in [0.2, 0.25) is 0 Å². The molecule has 2 aliphatic rings. The van der Waals surface area contributed by atoms with Crippen molar-refractivity contribution >= 4 is 27.6 Å². The highest BCUT2D eigenvalue weighted by Crippen LogP contribution is 2.39. The number of hydrogen-bond donors (Lipinski definition) is 1. The molecule has 0 bridgehead atoms. The summed E-state index contributed by atoms with van der Waals surface area (Å²) in [6.07, 6.45) is 1.88. The molecule has 0 amide bonds. The van der Waals surface area contributed by atoms with Crippen LogP contribution in [0.4, 0.5) is 5.69 Å². The SMILES string of the molecule is O=C1c2ccccc2C(=O)C1C1=CCc2ccccc2N1S(=O)(=O)O. The second-order valence-corrected chi connectivity index (χ2v) is 7.17. The Hall–Kier alpha value is -2.77. The highest BCUT2D eigenvalue weighted by molar-refractivity contribution is 7.87. The summed E-state index contributed by atoms with van der Waals surface area (Å²) >= 11 is 0. The molecule has 0 fully saturated rings. The third-order valence-corrected chi connectivity index (χ3v) is 5.35. The maximum atomic E-state index is 12.7. The predicted molar refractivity (Wildman–Crippen MR) is 90.8 cm³/mol. The molecule has 1 aliphatic carbocycles. The van der Waals surface area contributed by atoms with Gasteiger partial charge in [0, 0.05) is 11.1 Å². The third kappa shape index (κ3) is 2.32. The second kappa shape index (κ2) is 5.37. The van der Waals surface area contributed by atoms with Crippen molar-refractivity contribution in [1.82, 2.24) is 0 Å². The number of hydrogen-bond acceptors (Lipinski definition) is 4. The first-order valence-corrected chi connectivity index (χ1v) is 9.02. The van der Waals surface area contributed by atoms with E-state index in [1.165, 1.54) is 12.1 Å². The van der Waals surface area contributed by atoms with E-state index in [1.807, 2.05) is 0 Å². The van der Waals surface area contributed by atoms with E-state index in [4.69, 9.17) is 0 Å². The van der Waals surface area contributed by atoms with Crippen LogP contribution in [0.15, 0.2) is 60.3 Å². The van der Waals surface area contributed by atoms with Crippen LogP contribution < -0.4 is 4.31 Å². The summed E-state index contributed by atoms with van der Waals surface area (Å²) in [6.45, 7) is 0. The summed E-state index contributed by atoms with van der Waals surface area (Å²) in [7, 11) is -4.70. The zero-order valence-corrected chi connectivity index (χ0v) is 13.7. The average molecular weight is 355 g/mol. The van der Waals surface area contributed by atoms with Gasteiger partial charge >= 0.3 is 10.3 Å². The molecule has 2 aromatic rings. The number of nitrogens with zero attached hydrogens (tertiary/aromatic N) is 1. The Labute approximate surface area is 144 Å². The predicted octanol–water partition coefficient (Wildman–Crippen LogP) is 2.43. The van der Waals surface area contributed by atoms with Crippen molar-refractivity contribution in [2.45, 2.75) is 6.42 Å². The van der Waals surface area contributed by atoms with Gasteiger partial charge in [0.15, 0.2) is 11.6 Å². The molecule has 0 unspecified atom stereocenters. The first-order valence-electron chi connectivity index (χ1n) is 7.63. The van der Waals surface area contributed by atoms with Gasteiger partial charge in [0.1, 0.15) is 5.92 Å². The summed E-state index contributed by atoms with van der Waals surface area (Å²) in [5, 5.41) is 0. The standard InChI is InChI=1S/C18H13NO5S/c20-17-12-6-2-3-7-13(12)18(21)16(17)15-10-9-11-5-1-4-8-14(11)19(15)25(22,23)24/h1-8,10,16H,9H2,(H,22,23,24). The molecule has 7 heteroatoms. The quantitative estimate of drug-likeness (QED) is 0.660. The van der Waals surface area contributed by atoms with Crippen LogP contribution in [0.3, 0.4) is 0 Å². The van der Waals surface area contributed by atoms with E-state index in [0.29, 0.717) is 16.3 Å². The van der Waals surface area contributed by atoms with Gasteiger partial charge in [-0.2, -0.15) is 8.42 Å². The van der Waals surface area contributed by atoms with Gasteiger partial charge in [-0.25, -0.2) is 4.31 Å². The fourth-order valence-corrected chi connectivity index (χ4v) is 4.30. The van der Waals surface area contributed by atoms with Gasteiger partial charge in [0.25, 0.3) is 0 Å². The zero-order valence-electron chi connectivity index (χ0n) is 12.9. The second-order valence-electron chi connectivity index (χ2n) is 5.91. The summed E-state index contributed by atoms with van der Waals surface area (Å²) in [4.78, 5) is 25.5. The maximum Gasteiger partial charge on any atom is 0.364 e. The minimum atomic E-state index is -4.70. The Balaban J connectivity index is 1.88. The Morgan fingerprint density at radius 2 is 1.48 bits per heavy atom. The van der Waals surface area contributed by atoms with Crippen molar-refractivity contribution in [2.75, 3.05) is 4.31 Å². The van der Waals surface area contributed by atoms with Gasteiger partial charge in [-0.1, -0.05) is 48.5 Å². The van der Waals surface area contributed by atoms with Gasteiger partial charge in [-0.3, -0.25) is 14.1 Å². The molecule has 0 aromatic heterocycles. The van der Waals surface area contributed by atoms with E-state index in [0.717, 1.165) is 0 Å². The third-order valence-electron chi connectivity index (χ3n) is 4.48. The number of carbonyl (C=O) groups is 2. The Kier molecular flexibility index (Phi) is 3.38. The summed E-state index contributed by atoms with van der Waals surface area (Å²) in [5.74, 6) is -2.19. The molecule has 4 rings (SSSR count). The van der Waals surface area contributed by atoms with Crippen LogP contribution in [0, 0.1) is 5.92 Å². The first-order chi connectivity index (χ1) is 11.9. The van der Waals surface area contributed by atoms with Crippen molar-refractivity contribution < 1.29 is 22.6 Å².